The van der Waals surface area contributed by atoms with Gasteiger partial charge in [0, 0.05) is 0 Å². The summed E-state index contributed by atoms with van der Waals surface area (Å²) in [7, 11) is 1.46. The Labute approximate surface area is 130 Å². The number of ether oxygens (including phenoxy) is 2. The molecule has 4 nitrogen and oxygen atoms in total. The first-order chi connectivity index (χ1) is 9.16. The summed E-state index contributed by atoms with van der Waals surface area (Å²) in [5.41, 5.74) is 4.94. The molecule has 0 fully saturated rings. The maximum absolute atomic E-state index is 12.6. The Morgan fingerprint density at radius 3 is 2.25 bits per heavy atom. The molecule has 1 rings (SSSR count). The van der Waals surface area contributed by atoms with Crippen LogP contribution in [-0.2, 0) is 0 Å². The molecule has 1 unspecified atom stereocenters. The zero-order valence-electron chi connectivity index (χ0n) is 10.2. The van der Waals surface area contributed by atoms with Crippen LogP contribution in [0.25, 0.3) is 0 Å². The Bertz CT molecular complexity index is 509. The number of halogens is 5. The molecule has 1 aromatic carbocycles. The number of hydrogen-bond donors (Lipinski definition) is 2. The molecule has 0 aromatic heterocycles. The summed E-state index contributed by atoms with van der Waals surface area (Å²) in [5, 5.41) is 6.97. The van der Waals surface area contributed by atoms with Crippen molar-refractivity contribution in [3.8, 4) is 11.5 Å². The molecule has 0 amide bonds. The second kappa shape index (κ2) is 6.66. The van der Waals surface area contributed by atoms with Crippen LogP contribution in [0.15, 0.2) is 21.1 Å². The van der Waals surface area contributed by atoms with Gasteiger partial charge in [0.1, 0.15) is 29.9 Å². The van der Waals surface area contributed by atoms with E-state index >= 15 is 0 Å². The molecule has 0 aliphatic carbocycles. The number of rotatable bonds is 5. The molecule has 0 aliphatic rings. The summed E-state index contributed by atoms with van der Waals surface area (Å²) in [6, 6.07) is 3.02. The van der Waals surface area contributed by atoms with Crippen molar-refractivity contribution in [2.75, 3.05) is 13.7 Å². The predicted octanol–water partition coefficient (Wildman–Crippen LogP) is 3.71. The molecular weight excluding hydrogens is 409 g/mol. The number of methoxy groups -OCH3 is 1. The standard InChI is InChI=1S/C11H11Br2F3N2O2/c1-19-8-2-7(13)9(3-6(8)12)20-4-5(10(17)18)11(14,15)16/h2-3,5H,4H2,1H3,(H3,17,18). The topological polar surface area (TPSA) is 68.3 Å². The van der Waals surface area contributed by atoms with E-state index in [-0.39, 0.29) is 5.75 Å². The van der Waals surface area contributed by atoms with E-state index in [9.17, 15) is 13.2 Å². The molecule has 0 aliphatic heterocycles. The van der Waals surface area contributed by atoms with Gasteiger partial charge in [-0.2, -0.15) is 13.2 Å². The van der Waals surface area contributed by atoms with Gasteiger partial charge in [-0.3, -0.25) is 5.41 Å². The minimum Gasteiger partial charge on any atom is -0.496 e. The molecule has 1 aromatic rings. The minimum absolute atomic E-state index is 0.188. The van der Waals surface area contributed by atoms with E-state index in [2.05, 4.69) is 31.9 Å². The van der Waals surface area contributed by atoms with E-state index in [1.807, 2.05) is 0 Å². The van der Waals surface area contributed by atoms with Crippen LogP contribution in [0.3, 0.4) is 0 Å². The van der Waals surface area contributed by atoms with Crippen LogP contribution >= 0.6 is 31.9 Å². The lowest BCUT2D eigenvalue weighted by molar-refractivity contribution is -0.162. The van der Waals surface area contributed by atoms with Gasteiger partial charge in [0.25, 0.3) is 0 Å². The van der Waals surface area contributed by atoms with Gasteiger partial charge in [0.05, 0.1) is 16.1 Å². The first kappa shape index (κ1) is 17.1. The van der Waals surface area contributed by atoms with Crippen molar-refractivity contribution in [2.45, 2.75) is 6.18 Å². The third-order valence-corrected chi connectivity index (χ3v) is 3.62. The molecule has 0 bridgehead atoms. The van der Waals surface area contributed by atoms with Crippen LogP contribution in [-0.4, -0.2) is 25.7 Å². The summed E-state index contributed by atoms with van der Waals surface area (Å²) < 4.78 is 49.0. The molecular formula is C11H11Br2F3N2O2. The Kier molecular flexibility index (Phi) is 5.69. The second-order valence-electron chi connectivity index (χ2n) is 3.78. The van der Waals surface area contributed by atoms with Gasteiger partial charge in [-0.1, -0.05) is 0 Å². The summed E-state index contributed by atoms with van der Waals surface area (Å²) in [6.45, 7) is -0.768. The first-order valence-corrected chi connectivity index (χ1v) is 6.82. The SMILES string of the molecule is COc1cc(Br)c(OCC(C(=N)N)C(F)(F)F)cc1Br. The average molecular weight is 420 g/mol. The van der Waals surface area contributed by atoms with Crippen LogP contribution < -0.4 is 15.2 Å². The molecule has 0 spiro atoms. The van der Waals surface area contributed by atoms with Crippen molar-refractivity contribution in [3.63, 3.8) is 0 Å². The lowest BCUT2D eigenvalue weighted by Crippen LogP contribution is -2.39. The highest BCUT2D eigenvalue weighted by Gasteiger charge is 2.42. The van der Waals surface area contributed by atoms with Gasteiger partial charge >= 0.3 is 6.18 Å². The van der Waals surface area contributed by atoms with E-state index in [1.165, 1.54) is 13.2 Å². The molecule has 0 radical (unpaired) electrons. The zero-order valence-corrected chi connectivity index (χ0v) is 13.4. The molecule has 9 heteroatoms. The fraction of sp³-hybridized carbons (Fsp3) is 0.364. The largest absolute Gasteiger partial charge is 0.496 e. The fourth-order valence-electron chi connectivity index (χ4n) is 1.31. The average Bonchev–Trinajstić information content (AvgIpc) is 2.30. The Hall–Kier alpha value is -0.960. The number of nitrogens with one attached hydrogen (secondary N) is 1. The highest BCUT2D eigenvalue weighted by atomic mass is 79.9. The zero-order chi connectivity index (χ0) is 15.5. The number of amidine groups is 1. The van der Waals surface area contributed by atoms with E-state index in [1.54, 1.807) is 6.07 Å². The number of alkyl halides is 3. The number of benzene rings is 1. The Balaban J connectivity index is 2.89. The van der Waals surface area contributed by atoms with Gasteiger partial charge in [-0.25, -0.2) is 0 Å². The van der Waals surface area contributed by atoms with Gasteiger partial charge in [0.2, 0.25) is 0 Å². The van der Waals surface area contributed by atoms with Crippen LogP contribution in [0.2, 0.25) is 0 Å². The molecule has 0 heterocycles. The van der Waals surface area contributed by atoms with Gasteiger partial charge in [-0.05, 0) is 44.0 Å². The van der Waals surface area contributed by atoms with Gasteiger partial charge < -0.3 is 15.2 Å². The Morgan fingerprint density at radius 1 is 1.30 bits per heavy atom. The molecule has 0 saturated carbocycles. The van der Waals surface area contributed by atoms with Crippen LogP contribution in [0.1, 0.15) is 0 Å². The predicted molar refractivity (Wildman–Crippen MR) is 75.3 cm³/mol. The van der Waals surface area contributed by atoms with E-state index in [0.717, 1.165) is 0 Å². The molecule has 1 atom stereocenters. The van der Waals surface area contributed by atoms with Crippen LogP contribution in [0.4, 0.5) is 13.2 Å². The smallest absolute Gasteiger partial charge is 0.401 e. The summed E-state index contributed by atoms with van der Waals surface area (Å²) in [4.78, 5) is 0. The van der Waals surface area contributed by atoms with Crippen LogP contribution in [0.5, 0.6) is 11.5 Å². The third-order valence-electron chi connectivity index (χ3n) is 2.38. The molecule has 0 saturated heterocycles. The van der Waals surface area contributed by atoms with Crippen molar-refractivity contribution in [3.05, 3.63) is 21.1 Å². The van der Waals surface area contributed by atoms with Crippen molar-refractivity contribution < 1.29 is 22.6 Å². The fourth-order valence-corrected chi connectivity index (χ4v) is 2.23. The Morgan fingerprint density at radius 2 is 1.80 bits per heavy atom. The highest BCUT2D eigenvalue weighted by molar-refractivity contribution is 9.11. The highest BCUT2D eigenvalue weighted by Crippen LogP contribution is 2.37. The molecule has 112 valence electrons. The van der Waals surface area contributed by atoms with Crippen molar-refractivity contribution in [1.82, 2.24) is 0 Å². The van der Waals surface area contributed by atoms with E-state index in [4.69, 9.17) is 20.6 Å². The van der Waals surface area contributed by atoms with Gasteiger partial charge in [-0.15, -0.1) is 0 Å². The monoisotopic (exact) mass is 418 g/mol. The first-order valence-electron chi connectivity index (χ1n) is 5.23. The lowest BCUT2D eigenvalue weighted by Gasteiger charge is -2.20. The number of hydrogen-bond acceptors (Lipinski definition) is 3. The maximum Gasteiger partial charge on any atom is 0.401 e. The molecule has 3 N–H and O–H groups in total. The number of nitrogens with two attached hydrogens (primary N) is 1. The van der Waals surface area contributed by atoms with E-state index in [0.29, 0.717) is 14.7 Å². The summed E-state index contributed by atoms with van der Waals surface area (Å²) in [6.07, 6.45) is -4.62. The van der Waals surface area contributed by atoms with Crippen LogP contribution in [0, 0.1) is 11.3 Å². The van der Waals surface area contributed by atoms with Crippen molar-refractivity contribution >= 4 is 37.7 Å². The quantitative estimate of drug-likeness (QED) is 0.564. The van der Waals surface area contributed by atoms with Crippen molar-refractivity contribution in [1.29, 1.82) is 5.41 Å². The van der Waals surface area contributed by atoms with E-state index < -0.39 is 24.5 Å². The maximum atomic E-state index is 12.6. The molecule has 20 heavy (non-hydrogen) atoms. The summed E-state index contributed by atoms with van der Waals surface area (Å²) in [5.74, 6) is -2.44. The summed E-state index contributed by atoms with van der Waals surface area (Å²) >= 11 is 6.37. The lowest BCUT2D eigenvalue weighted by atomic mass is 10.1. The normalized spacial score (nSPS) is 12.9. The third kappa shape index (κ3) is 4.27. The second-order valence-corrected chi connectivity index (χ2v) is 5.49. The van der Waals surface area contributed by atoms with Crippen molar-refractivity contribution in [2.24, 2.45) is 11.7 Å². The van der Waals surface area contributed by atoms with Gasteiger partial charge in [0.15, 0.2) is 0 Å². The minimum atomic E-state index is -4.62.